The van der Waals surface area contributed by atoms with Crippen molar-refractivity contribution >= 4 is 15.9 Å². The van der Waals surface area contributed by atoms with Crippen molar-refractivity contribution in [2.24, 2.45) is 0 Å². The average molecular weight is 356 g/mol. The van der Waals surface area contributed by atoms with Gasteiger partial charge in [-0.1, -0.05) is 15.9 Å². The van der Waals surface area contributed by atoms with Crippen molar-refractivity contribution in [1.29, 1.82) is 0 Å². The minimum atomic E-state index is -4.20. The number of ether oxygens (including phenoxy) is 2. The fraction of sp³-hybridized carbons (Fsp3) is 0.538. The lowest BCUT2D eigenvalue weighted by Gasteiger charge is -2.13. The van der Waals surface area contributed by atoms with Crippen LogP contribution in [0.1, 0.15) is 12.0 Å². The number of benzene rings is 1. The van der Waals surface area contributed by atoms with E-state index in [0.29, 0.717) is 25.4 Å². The standard InChI is InChI=1S/C13H17BrF3NO2/c1-19-7-5-18-9-10-8-11(14)2-3-12(10)20-6-4-13(15,16)17/h2-3,8,18H,4-7,9H2,1H3. The first kappa shape index (κ1) is 17.3. The van der Waals surface area contributed by atoms with Crippen molar-refractivity contribution in [2.75, 3.05) is 26.9 Å². The number of halogens is 4. The highest BCUT2D eigenvalue weighted by molar-refractivity contribution is 9.10. The Kier molecular flexibility index (Phi) is 7.32. The maximum absolute atomic E-state index is 12.1. The quantitative estimate of drug-likeness (QED) is 0.723. The lowest BCUT2D eigenvalue weighted by Crippen LogP contribution is -2.19. The van der Waals surface area contributed by atoms with Crippen LogP contribution in [-0.4, -0.2) is 33.0 Å². The molecule has 1 rings (SSSR count). The van der Waals surface area contributed by atoms with E-state index in [1.165, 1.54) is 0 Å². The zero-order valence-electron chi connectivity index (χ0n) is 11.1. The molecule has 0 amide bonds. The summed E-state index contributed by atoms with van der Waals surface area (Å²) in [5.41, 5.74) is 0.803. The van der Waals surface area contributed by atoms with Crippen LogP contribution in [0.2, 0.25) is 0 Å². The predicted molar refractivity (Wildman–Crippen MR) is 73.9 cm³/mol. The van der Waals surface area contributed by atoms with Gasteiger partial charge in [0.25, 0.3) is 0 Å². The van der Waals surface area contributed by atoms with Crippen LogP contribution in [-0.2, 0) is 11.3 Å². The molecule has 20 heavy (non-hydrogen) atoms. The zero-order valence-corrected chi connectivity index (χ0v) is 12.7. The van der Waals surface area contributed by atoms with Crippen LogP contribution >= 0.6 is 15.9 Å². The smallest absolute Gasteiger partial charge is 0.392 e. The SMILES string of the molecule is COCCNCc1cc(Br)ccc1OCCC(F)(F)F. The number of rotatable bonds is 8. The zero-order chi connectivity index (χ0) is 15.0. The Morgan fingerprint density at radius 2 is 2.00 bits per heavy atom. The number of methoxy groups -OCH3 is 1. The maximum Gasteiger partial charge on any atom is 0.392 e. The molecular formula is C13H17BrF3NO2. The molecule has 0 bridgehead atoms. The molecule has 7 heteroatoms. The fourth-order valence-electron chi connectivity index (χ4n) is 1.50. The first-order valence-electron chi connectivity index (χ1n) is 6.10. The molecule has 0 aromatic heterocycles. The fourth-order valence-corrected chi connectivity index (χ4v) is 1.91. The molecule has 0 radical (unpaired) electrons. The molecule has 0 saturated carbocycles. The third-order valence-corrected chi connectivity index (χ3v) is 2.96. The van der Waals surface area contributed by atoms with E-state index in [1.807, 2.05) is 6.07 Å². The van der Waals surface area contributed by atoms with Crippen LogP contribution < -0.4 is 10.1 Å². The first-order chi connectivity index (χ1) is 9.42. The molecule has 1 N–H and O–H groups in total. The minimum absolute atomic E-state index is 0.379. The van der Waals surface area contributed by atoms with Gasteiger partial charge in [0.05, 0.1) is 19.6 Å². The monoisotopic (exact) mass is 355 g/mol. The average Bonchev–Trinajstić information content (AvgIpc) is 2.35. The molecule has 114 valence electrons. The van der Waals surface area contributed by atoms with Gasteiger partial charge in [0.15, 0.2) is 0 Å². The summed E-state index contributed by atoms with van der Waals surface area (Å²) in [6, 6.07) is 5.22. The molecule has 1 aromatic carbocycles. The van der Waals surface area contributed by atoms with E-state index in [0.717, 1.165) is 10.0 Å². The summed E-state index contributed by atoms with van der Waals surface area (Å²) >= 11 is 3.33. The largest absolute Gasteiger partial charge is 0.493 e. The van der Waals surface area contributed by atoms with Crippen molar-refractivity contribution in [3.63, 3.8) is 0 Å². The number of nitrogens with one attached hydrogen (secondary N) is 1. The Bertz CT molecular complexity index is 413. The van der Waals surface area contributed by atoms with E-state index in [1.54, 1.807) is 19.2 Å². The summed E-state index contributed by atoms with van der Waals surface area (Å²) in [4.78, 5) is 0. The van der Waals surface area contributed by atoms with Gasteiger partial charge in [-0.3, -0.25) is 0 Å². The first-order valence-corrected chi connectivity index (χ1v) is 6.89. The third-order valence-electron chi connectivity index (χ3n) is 2.46. The van der Waals surface area contributed by atoms with Gasteiger partial charge in [0, 0.05) is 30.2 Å². The van der Waals surface area contributed by atoms with Gasteiger partial charge >= 0.3 is 6.18 Å². The van der Waals surface area contributed by atoms with Crippen LogP contribution in [0.15, 0.2) is 22.7 Å². The lowest BCUT2D eigenvalue weighted by atomic mass is 10.2. The number of alkyl halides is 3. The molecule has 1 aromatic rings. The molecule has 3 nitrogen and oxygen atoms in total. The molecule has 0 fully saturated rings. The van der Waals surface area contributed by atoms with Gasteiger partial charge in [0.1, 0.15) is 5.75 Å². The highest BCUT2D eigenvalue weighted by Crippen LogP contribution is 2.25. The molecule has 0 aliphatic carbocycles. The maximum atomic E-state index is 12.1. The lowest BCUT2D eigenvalue weighted by molar-refractivity contribution is -0.139. The second kappa shape index (κ2) is 8.49. The molecular weight excluding hydrogens is 339 g/mol. The van der Waals surface area contributed by atoms with Crippen molar-refractivity contribution in [3.05, 3.63) is 28.2 Å². The Labute approximate surface area is 124 Å². The van der Waals surface area contributed by atoms with Crippen LogP contribution in [0.4, 0.5) is 13.2 Å². The normalized spacial score (nSPS) is 11.7. The third kappa shape index (κ3) is 7.12. The second-order valence-electron chi connectivity index (χ2n) is 4.14. The van der Waals surface area contributed by atoms with Gasteiger partial charge in [-0.25, -0.2) is 0 Å². The summed E-state index contributed by atoms with van der Waals surface area (Å²) in [5.74, 6) is 0.461. The molecule has 0 saturated heterocycles. The van der Waals surface area contributed by atoms with Crippen LogP contribution in [0.25, 0.3) is 0 Å². The van der Waals surface area contributed by atoms with Crippen molar-refractivity contribution in [3.8, 4) is 5.75 Å². The predicted octanol–water partition coefficient (Wildman–Crippen LogP) is 3.52. The van der Waals surface area contributed by atoms with E-state index in [-0.39, 0.29) is 6.61 Å². The molecule has 0 spiro atoms. The number of hydrogen-bond acceptors (Lipinski definition) is 3. The minimum Gasteiger partial charge on any atom is -0.493 e. The second-order valence-corrected chi connectivity index (χ2v) is 5.05. The van der Waals surface area contributed by atoms with Crippen molar-refractivity contribution in [2.45, 2.75) is 19.1 Å². The van der Waals surface area contributed by atoms with Gasteiger partial charge in [-0.2, -0.15) is 13.2 Å². The Hall–Kier alpha value is -0.790. The Morgan fingerprint density at radius 1 is 1.25 bits per heavy atom. The summed E-state index contributed by atoms with van der Waals surface area (Å²) < 4.78 is 47.3. The van der Waals surface area contributed by atoms with Gasteiger partial charge < -0.3 is 14.8 Å². The van der Waals surface area contributed by atoms with E-state index in [9.17, 15) is 13.2 Å². The van der Waals surface area contributed by atoms with Gasteiger partial charge in [-0.15, -0.1) is 0 Å². The van der Waals surface area contributed by atoms with Gasteiger partial charge in [0.2, 0.25) is 0 Å². The highest BCUT2D eigenvalue weighted by atomic mass is 79.9. The van der Waals surface area contributed by atoms with E-state index >= 15 is 0 Å². The molecule has 0 heterocycles. The summed E-state index contributed by atoms with van der Waals surface area (Å²) in [7, 11) is 1.60. The van der Waals surface area contributed by atoms with E-state index in [2.05, 4.69) is 21.2 Å². The van der Waals surface area contributed by atoms with Crippen LogP contribution in [0.5, 0.6) is 5.75 Å². The number of hydrogen-bond donors (Lipinski definition) is 1. The molecule has 0 unspecified atom stereocenters. The van der Waals surface area contributed by atoms with E-state index < -0.39 is 12.6 Å². The summed E-state index contributed by atoms with van der Waals surface area (Å²) in [6.07, 6.45) is -5.16. The van der Waals surface area contributed by atoms with Crippen LogP contribution in [0.3, 0.4) is 0 Å². The van der Waals surface area contributed by atoms with Crippen molar-refractivity contribution in [1.82, 2.24) is 5.32 Å². The highest BCUT2D eigenvalue weighted by Gasteiger charge is 2.26. The summed E-state index contributed by atoms with van der Waals surface area (Å²) in [5, 5.41) is 3.13. The van der Waals surface area contributed by atoms with E-state index in [4.69, 9.17) is 9.47 Å². The van der Waals surface area contributed by atoms with Crippen molar-refractivity contribution < 1.29 is 22.6 Å². The van der Waals surface area contributed by atoms with Crippen LogP contribution in [0, 0.1) is 0 Å². The topological polar surface area (TPSA) is 30.5 Å². The molecule has 0 aliphatic heterocycles. The van der Waals surface area contributed by atoms with Gasteiger partial charge in [-0.05, 0) is 18.2 Å². The summed E-state index contributed by atoms with van der Waals surface area (Å²) in [6.45, 7) is 1.35. The molecule has 0 atom stereocenters. The Balaban J connectivity index is 2.55. The molecule has 0 aliphatic rings. The Morgan fingerprint density at radius 3 is 2.65 bits per heavy atom.